The van der Waals surface area contributed by atoms with Gasteiger partial charge >= 0.3 is 17.9 Å². The van der Waals surface area contributed by atoms with Crippen LogP contribution in [0.5, 0.6) is 0 Å². The van der Waals surface area contributed by atoms with Gasteiger partial charge in [0.2, 0.25) is 0 Å². The van der Waals surface area contributed by atoms with Crippen LogP contribution in [0.25, 0.3) is 0 Å². The summed E-state index contributed by atoms with van der Waals surface area (Å²) in [5.41, 5.74) is 0. The molecule has 0 amide bonds. The number of quaternary nitrogens is 1. The van der Waals surface area contributed by atoms with Gasteiger partial charge in [0.25, 0.3) is 6.29 Å². The Morgan fingerprint density at radius 1 is 0.337 bits per heavy atom. The molecule has 0 aromatic rings. The highest BCUT2D eigenvalue weighted by Crippen LogP contribution is 2.20. The van der Waals surface area contributed by atoms with Crippen molar-refractivity contribution in [3.8, 4) is 0 Å². The van der Waals surface area contributed by atoms with E-state index in [2.05, 4.69) is 26.0 Å². The van der Waals surface area contributed by atoms with Crippen molar-refractivity contribution in [3.63, 3.8) is 0 Å². The standard InChI is InChI=1S/C77H149NO8/c1-6-8-10-12-14-16-18-20-22-24-26-28-30-31-32-33-34-35-36-37-38-39-40-41-42-43-44-46-47-49-51-53-55-57-59-61-63-65-67-74(79)84-71-73(72-85-77(76(81)82)83-70-69-78(3,4)5)86-75(80)68-66-64-62-60-58-56-54-52-50-48-45-29-27-25-23-21-19-17-15-13-11-9-7-2/h25,27,73,77H,6-24,26,28-72H2,1-5H3/p+1/b27-25-. The van der Waals surface area contributed by atoms with Gasteiger partial charge in [0.15, 0.2) is 6.10 Å². The second-order valence-electron chi connectivity index (χ2n) is 27.7. The van der Waals surface area contributed by atoms with Crippen LogP contribution in [0.2, 0.25) is 0 Å². The van der Waals surface area contributed by atoms with Crippen LogP contribution in [0, 0.1) is 0 Å². The average Bonchev–Trinajstić information content (AvgIpc) is 3.64. The third kappa shape index (κ3) is 69.5. The fourth-order valence-electron chi connectivity index (χ4n) is 11.9. The monoisotopic (exact) mass is 1220 g/mol. The number of nitrogens with zero attached hydrogens (tertiary/aromatic N) is 1. The molecular formula is C77H150NO8+. The van der Waals surface area contributed by atoms with E-state index in [9.17, 15) is 19.5 Å². The number of carboxylic acids is 1. The Bertz CT molecular complexity index is 1410. The zero-order valence-corrected chi connectivity index (χ0v) is 58.5. The number of allylic oxidation sites excluding steroid dienone is 2. The van der Waals surface area contributed by atoms with Crippen molar-refractivity contribution in [3.05, 3.63) is 12.2 Å². The summed E-state index contributed by atoms with van der Waals surface area (Å²) in [7, 11) is 6.00. The number of unbranched alkanes of at least 4 members (excludes halogenated alkanes) is 56. The zero-order valence-electron chi connectivity index (χ0n) is 58.5. The van der Waals surface area contributed by atoms with Crippen molar-refractivity contribution in [1.29, 1.82) is 0 Å². The van der Waals surface area contributed by atoms with Crippen LogP contribution >= 0.6 is 0 Å². The number of esters is 2. The Hall–Kier alpha value is -1.97. The molecule has 0 saturated heterocycles. The lowest BCUT2D eigenvalue weighted by Crippen LogP contribution is -2.40. The van der Waals surface area contributed by atoms with Gasteiger partial charge in [-0.1, -0.05) is 366 Å². The van der Waals surface area contributed by atoms with Crippen LogP contribution in [0.4, 0.5) is 0 Å². The van der Waals surface area contributed by atoms with Crippen LogP contribution in [0.15, 0.2) is 12.2 Å². The van der Waals surface area contributed by atoms with E-state index < -0.39 is 18.4 Å². The van der Waals surface area contributed by atoms with Crippen LogP contribution in [-0.4, -0.2) is 87.4 Å². The zero-order chi connectivity index (χ0) is 62.6. The van der Waals surface area contributed by atoms with Gasteiger partial charge in [-0.25, -0.2) is 4.79 Å². The summed E-state index contributed by atoms with van der Waals surface area (Å²) < 4.78 is 23.0. The third-order valence-electron chi connectivity index (χ3n) is 17.8. The number of hydrogen-bond acceptors (Lipinski definition) is 7. The van der Waals surface area contributed by atoms with Crippen LogP contribution in [0.1, 0.15) is 406 Å². The Labute approximate surface area is 535 Å². The normalized spacial score (nSPS) is 12.6. The summed E-state index contributed by atoms with van der Waals surface area (Å²) in [6, 6.07) is 0. The van der Waals surface area contributed by atoms with E-state index in [0.29, 0.717) is 17.4 Å². The van der Waals surface area contributed by atoms with Gasteiger partial charge in [0, 0.05) is 12.8 Å². The molecule has 0 aliphatic carbocycles. The molecule has 0 rings (SSSR count). The number of rotatable bonds is 73. The Kier molecular flexibility index (Phi) is 67.4. The number of hydrogen-bond donors (Lipinski definition) is 1. The Balaban J connectivity index is 3.93. The second-order valence-corrected chi connectivity index (χ2v) is 27.7. The van der Waals surface area contributed by atoms with E-state index >= 15 is 0 Å². The number of aliphatic carboxylic acids is 1. The smallest absolute Gasteiger partial charge is 0.361 e. The van der Waals surface area contributed by atoms with Crippen molar-refractivity contribution in [1.82, 2.24) is 0 Å². The molecule has 86 heavy (non-hydrogen) atoms. The quantitative estimate of drug-likeness (QED) is 0.0211. The molecule has 0 fully saturated rings. The predicted molar refractivity (Wildman–Crippen MR) is 369 cm³/mol. The summed E-state index contributed by atoms with van der Waals surface area (Å²) in [6.45, 7) is 4.96. The first kappa shape index (κ1) is 84.0. The fourth-order valence-corrected chi connectivity index (χ4v) is 11.9. The number of carbonyl (C=O) groups excluding carboxylic acids is 2. The maximum atomic E-state index is 12.9. The summed E-state index contributed by atoms with van der Waals surface area (Å²) in [6.07, 6.45) is 82.3. The average molecular weight is 1220 g/mol. The molecule has 0 aliphatic rings. The van der Waals surface area contributed by atoms with Gasteiger partial charge in [-0.15, -0.1) is 0 Å². The minimum atomic E-state index is -1.51. The van der Waals surface area contributed by atoms with E-state index in [-0.39, 0.29) is 38.2 Å². The predicted octanol–water partition coefficient (Wildman–Crippen LogP) is 24.0. The van der Waals surface area contributed by atoms with Crippen LogP contribution in [-0.2, 0) is 33.3 Å². The van der Waals surface area contributed by atoms with Gasteiger partial charge in [0.05, 0.1) is 34.4 Å². The summed E-state index contributed by atoms with van der Waals surface area (Å²) in [4.78, 5) is 37.6. The SMILES string of the molecule is CCCCCCCCCC/C=C\CCCCCCCCCCCCCC(=O)OC(COC(=O)CCCCCCCCCCCCCCCCCCCCCCCCCCCCCCCCCCCCCCCC)COC(OCC[N+](C)(C)C)C(=O)O. The number of likely N-dealkylation sites (N-methyl/N-ethyl adjacent to an activating group) is 1. The molecule has 0 heterocycles. The van der Waals surface area contributed by atoms with Crippen molar-refractivity contribution in [2.24, 2.45) is 0 Å². The largest absolute Gasteiger partial charge is 0.477 e. The number of carboxylic acid groups (broad SMARTS) is 1. The number of ether oxygens (including phenoxy) is 4. The summed E-state index contributed by atoms with van der Waals surface area (Å²) in [5.74, 6) is -1.97. The lowest BCUT2D eigenvalue weighted by Gasteiger charge is -2.25. The van der Waals surface area contributed by atoms with Crippen molar-refractivity contribution < 1.29 is 42.9 Å². The topological polar surface area (TPSA) is 108 Å². The third-order valence-corrected chi connectivity index (χ3v) is 17.8. The lowest BCUT2D eigenvalue weighted by atomic mass is 10.0. The van der Waals surface area contributed by atoms with Gasteiger partial charge in [0.1, 0.15) is 13.2 Å². The highest BCUT2D eigenvalue weighted by molar-refractivity contribution is 5.71. The molecule has 0 aromatic carbocycles. The number of carbonyl (C=O) groups is 3. The Morgan fingerprint density at radius 3 is 0.860 bits per heavy atom. The van der Waals surface area contributed by atoms with E-state index in [4.69, 9.17) is 18.9 Å². The van der Waals surface area contributed by atoms with E-state index in [1.54, 1.807) is 0 Å². The highest BCUT2D eigenvalue weighted by Gasteiger charge is 2.25. The first-order valence-electron chi connectivity index (χ1n) is 38.4. The fraction of sp³-hybridized carbons (Fsp3) is 0.935. The van der Waals surface area contributed by atoms with Crippen molar-refractivity contribution in [2.75, 3.05) is 47.5 Å². The van der Waals surface area contributed by atoms with Crippen LogP contribution < -0.4 is 0 Å². The molecular weight excluding hydrogens is 1070 g/mol. The minimum Gasteiger partial charge on any atom is -0.477 e. The summed E-state index contributed by atoms with van der Waals surface area (Å²) >= 11 is 0. The molecule has 0 bridgehead atoms. The minimum absolute atomic E-state index is 0.175. The molecule has 0 aromatic heterocycles. The highest BCUT2D eigenvalue weighted by atomic mass is 16.7. The molecule has 0 saturated carbocycles. The van der Waals surface area contributed by atoms with Crippen LogP contribution in [0.3, 0.4) is 0 Å². The summed E-state index contributed by atoms with van der Waals surface area (Å²) in [5, 5.41) is 9.75. The molecule has 2 unspecified atom stereocenters. The van der Waals surface area contributed by atoms with E-state index in [1.165, 1.54) is 340 Å². The van der Waals surface area contributed by atoms with E-state index in [1.807, 2.05) is 21.1 Å². The molecule has 1 N–H and O–H groups in total. The first-order valence-corrected chi connectivity index (χ1v) is 38.4. The molecule has 2 atom stereocenters. The molecule has 9 heteroatoms. The van der Waals surface area contributed by atoms with Crippen molar-refractivity contribution in [2.45, 2.75) is 418 Å². The Morgan fingerprint density at radius 2 is 0.593 bits per heavy atom. The van der Waals surface area contributed by atoms with E-state index in [0.717, 1.165) is 38.5 Å². The van der Waals surface area contributed by atoms with Gasteiger partial charge < -0.3 is 28.5 Å². The molecule has 0 aliphatic heterocycles. The van der Waals surface area contributed by atoms with Gasteiger partial charge in [-0.05, 0) is 38.5 Å². The molecule has 9 nitrogen and oxygen atoms in total. The van der Waals surface area contributed by atoms with Crippen molar-refractivity contribution >= 4 is 17.9 Å². The first-order chi connectivity index (χ1) is 42.1. The molecule has 0 radical (unpaired) electrons. The second kappa shape index (κ2) is 68.9. The van der Waals surface area contributed by atoms with Gasteiger partial charge in [-0.3, -0.25) is 9.59 Å². The van der Waals surface area contributed by atoms with Gasteiger partial charge in [-0.2, -0.15) is 0 Å². The lowest BCUT2D eigenvalue weighted by molar-refractivity contribution is -0.870. The molecule has 510 valence electrons. The maximum absolute atomic E-state index is 12.9. The molecule has 0 spiro atoms. The maximum Gasteiger partial charge on any atom is 0.361 e.